The Labute approximate surface area is 456 Å². The summed E-state index contributed by atoms with van der Waals surface area (Å²) in [5, 5.41) is 20.8. The van der Waals surface area contributed by atoms with Gasteiger partial charge in [0, 0.05) is 31.8 Å². The van der Waals surface area contributed by atoms with E-state index >= 15 is 0 Å². The predicted octanol–water partition coefficient (Wildman–Crippen LogP) is 8.94. The van der Waals surface area contributed by atoms with Crippen molar-refractivity contribution in [1.29, 1.82) is 0 Å². The topological polar surface area (TPSA) is 265 Å². The minimum absolute atomic E-state index is 0.0371. The molecule has 2 amide bonds. The Bertz CT molecular complexity index is 2370. The fourth-order valence-electron chi connectivity index (χ4n) is 5.24. The van der Waals surface area contributed by atoms with Crippen LogP contribution in [0.2, 0.25) is 5.02 Å². The van der Waals surface area contributed by atoms with Crippen LogP contribution in [0.3, 0.4) is 0 Å². The monoisotopic (exact) mass is 1180 g/mol. The second-order valence-corrected chi connectivity index (χ2v) is 20.8. The number of esters is 2. The number of hydrogen-bond donors (Lipinski definition) is 3. The second-order valence-electron chi connectivity index (χ2n) is 15.0. The van der Waals surface area contributed by atoms with E-state index in [0.717, 1.165) is 53.6 Å². The van der Waals surface area contributed by atoms with E-state index in [-0.39, 0.29) is 47.6 Å². The van der Waals surface area contributed by atoms with Crippen molar-refractivity contribution in [2.24, 2.45) is 0 Å². The summed E-state index contributed by atoms with van der Waals surface area (Å²) in [7, 11) is -3.71. The molecule has 2 unspecified atom stereocenters. The third-order valence-electron chi connectivity index (χ3n) is 8.37. The number of carboxylic acid groups (broad SMARTS) is 1. The predicted molar refractivity (Wildman–Crippen MR) is 284 cm³/mol. The number of anilines is 1. The molecule has 0 aliphatic carbocycles. The molecule has 420 valence electrons. The Morgan fingerprint density at radius 1 is 0.987 bits per heavy atom. The molecule has 0 heterocycles. The van der Waals surface area contributed by atoms with Gasteiger partial charge >= 0.3 is 24.1 Å². The number of halogens is 7. The SMILES string of the molecule is C=CCN(CC=C)C(=O)C(Cl)Cl.CCOC(=O)C(C)OC(=O)c1cc(Oc2ccc(C(F)(F)F)cc2Cl)ccc1[N+](=O)[O-].CCOCN(C(=O)CCl)c1c(C)cccc1CC.C[S+](C)C.O=C(O)CNCP(=O)([O-])O. The summed E-state index contributed by atoms with van der Waals surface area (Å²) in [5.41, 5.74) is 0.958. The maximum Gasteiger partial charge on any atom is 0.416 e. The van der Waals surface area contributed by atoms with E-state index in [4.69, 9.17) is 75.4 Å². The molecule has 0 aromatic heterocycles. The third kappa shape index (κ3) is 30.4. The lowest BCUT2D eigenvalue weighted by Crippen LogP contribution is -2.35. The number of nitro groups is 1. The zero-order chi connectivity index (χ0) is 58.2. The summed E-state index contributed by atoms with van der Waals surface area (Å²) in [6.45, 7) is 17.0. The van der Waals surface area contributed by atoms with Crippen molar-refractivity contribution in [3.8, 4) is 11.5 Å². The van der Waals surface area contributed by atoms with Crippen LogP contribution >= 0.6 is 54.0 Å². The zero-order valence-electron chi connectivity index (χ0n) is 42.3. The molecule has 0 saturated heterocycles. The van der Waals surface area contributed by atoms with Crippen LogP contribution in [0, 0.1) is 17.0 Å². The van der Waals surface area contributed by atoms with Crippen molar-refractivity contribution >= 4 is 106 Å². The maximum absolute atomic E-state index is 12.8. The number of hydrogen-bond acceptors (Lipinski definition) is 14. The normalized spacial score (nSPS) is 11.7. The molecule has 3 aromatic carbocycles. The quantitative estimate of drug-likeness (QED) is 0.0124. The number of amides is 2. The van der Waals surface area contributed by atoms with Gasteiger partial charge in [-0.15, -0.1) is 24.8 Å². The number of carboxylic acids is 1. The second kappa shape index (κ2) is 37.7. The van der Waals surface area contributed by atoms with Crippen molar-refractivity contribution in [2.75, 3.05) is 75.4 Å². The number of carbonyl (C=O) groups is 5. The van der Waals surface area contributed by atoms with Gasteiger partial charge in [-0.25, -0.2) is 9.59 Å². The molecular weight excluding hydrogens is 1120 g/mol. The van der Waals surface area contributed by atoms with E-state index in [1.807, 2.05) is 37.4 Å². The van der Waals surface area contributed by atoms with E-state index in [0.29, 0.717) is 36.7 Å². The molecule has 75 heavy (non-hydrogen) atoms. The van der Waals surface area contributed by atoms with Crippen molar-refractivity contribution in [3.05, 3.63) is 117 Å². The van der Waals surface area contributed by atoms with E-state index in [1.165, 1.54) is 11.8 Å². The third-order valence-corrected chi connectivity index (χ3v) is 9.89. The Morgan fingerprint density at radius 2 is 1.57 bits per heavy atom. The zero-order valence-corrected chi connectivity index (χ0v) is 47.1. The van der Waals surface area contributed by atoms with Crippen LogP contribution in [-0.4, -0.2) is 131 Å². The molecule has 0 fully saturated rings. The first-order chi connectivity index (χ1) is 34.9. The summed E-state index contributed by atoms with van der Waals surface area (Å²) in [4.78, 5) is 87.4. The summed E-state index contributed by atoms with van der Waals surface area (Å²) < 4.78 is 68.5. The minimum atomic E-state index is -4.61. The Hall–Kier alpha value is -4.94. The molecular formula is C47H62Cl4F3N4O15PS. The molecule has 3 N–H and O–H groups in total. The number of aryl methyl sites for hydroxylation is 2. The number of alkyl halides is 6. The van der Waals surface area contributed by atoms with Gasteiger partial charge in [0.05, 0.1) is 59.4 Å². The number of carbonyl (C=O) groups excluding carboxylic acids is 4. The summed E-state index contributed by atoms with van der Waals surface area (Å²) in [5.74, 6) is -4.02. The van der Waals surface area contributed by atoms with Crippen molar-refractivity contribution in [1.82, 2.24) is 10.2 Å². The first-order valence-electron chi connectivity index (χ1n) is 21.8. The van der Waals surface area contributed by atoms with Crippen molar-refractivity contribution in [3.63, 3.8) is 0 Å². The van der Waals surface area contributed by atoms with Crippen LogP contribution in [0.15, 0.2) is 79.9 Å². The van der Waals surface area contributed by atoms with Crippen LogP contribution in [0.25, 0.3) is 0 Å². The highest BCUT2D eigenvalue weighted by Gasteiger charge is 2.32. The molecule has 28 heteroatoms. The van der Waals surface area contributed by atoms with Gasteiger partial charge < -0.3 is 43.3 Å². The van der Waals surface area contributed by atoms with Crippen molar-refractivity contribution in [2.45, 2.75) is 58.2 Å². The van der Waals surface area contributed by atoms with E-state index in [1.54, 1.807) is 24.0 Å². The molecule has 19 nitrogen and oxygen atoms in total. The maximum atomic E-state index is 12.8. The van der Waals surface area contributed by atoms with Crippen LogP contribution < -0.4 is 19.8 Å². The number of nitrogens with one attached hydrogen (secondary N) is 1. The van der Waals surface area contributed by atoms with Gasteiger partial charge in [0.1, 0.15) is 37.3 Å². The standard InChI is InChI=1S/C19H15ClF3NO7.C14H20ClNO2.C8H11Cl2NO.C3H8NO5P.C3H9S/c1-3-29-17(25)10(2)30-18(26)13-9-12(5-6-15(13)24(27)28)31-16-7-4-11(8-14(16)20)19(21,22)23;1-4-12-8-6-7-11(3)14(12)16(10-18-5-2)13(17)9-15;1-3-5-11(6-4-2)8(12)7(9)10;5-3(6)1-4-2-10(7,8)9;1-4(2)3/h4-10H,3H2,1-2H3;6-8H,4-5,9-10H2,1-3H3;3-4,7H,1-2,5-6H2;4H,1-2H2,(H,5,6)(H2,7,8,9);1-3H3/q;;;;+1/p-1. The Morgan fingerprint density at radius 3 is 2.01 bits per heavy atom. The summed E-state index contributed by atoms with van der Waals surface area (Å²) >= 11 is 22.3. The number of rotatable bonds is 22. The fraction of sp³-hybridized carbons (Fsp3) is 0.426. The summed E-state index contributed by atoms with van der Waals surface area (Å²) in [6, 6.07) is 11.4. The van der Waals surface area contributed by atoms with E-state index in [9.17, 15) is 56.7 Å². The van der Waals surface area contributed by atoms with Gasteiger partial charge in [-0.1, -0.05) is 72.1 Å². The van der Waals surface area contributed by atoms with Gasteiger partial charge in [0.15, 0.2) is 10.9 Å². The Balaban J connectivity index is 0. The van der Waals surface area contributed by atoms with Gasteiger partial charge in [0.2, 0.25) is 5.91 Å². The lowest BCUT2D eigenvalue weighted by atomic mass is 10.0. The first kappa shape index (κ1) is 72.1. The number of para-hydroxylation sites is 1. The van der Waals surface area contributed by atoms with Crippen LogP contribution in [0.5, 0.6) is 11.5 Å². The molecule has 2 atom stereocenters. The molecule has 3 rings (SSSR count). The lowest BCUT2D eigenvalue weighted by molar-refractivity contribution is -0.385. The molecule has 0 saturated carbocycles. The largest absolute Gasteiger partial charge is 0.778 e. The highest BCUT2D eigenvalue weighted by molar-refractivity contribution is 7.94. The minimum Gasteiger partial charge on any atom is -0.778 e. The number of ether oxygens (including phenoxy) is 4. The number of nitro benzene ring substituents is 1. The number of aliphatic carboxylic acids is 1. The highest BCUT2D eigenvalue weighted by Crippen LogP contribution is 2.37. The smallest absolute Gasteiger partial charge is 0.416 e. The highest BCUT2D eigenvalue weighted by atomic mass is 35.5. The van der Waals surface area contributed by atoms with E-state index in [2.05, 4.69) is 38.8 Å². The summed E-state index contributed by atoms with van der Waals surface area (Å²) in [6.07, 6.45) is 4.02. The van der Waals surface area contributed by atoms with Crippen LogP contribution in [0.4, 0.5) is 24.5 Å². The van der Waals surface area contributed by atoms with Gasteiger partial charge in [-0.3, -0.25) is 34.7 Å². The van der Waals surface area contributed by atoms with Gasteiger partial charge in [-0.2, -0.15) is 13.2 Å². The Kier molecular flexibility index (Phi) is 36.3. The van der Waals surface area contributed by atoms with Gasteiger partial charge in [0.25, 0.3) is 11.6 Å². The average Bonchev–Trinajstić information content (AvgIpc) is 3.31. The fourth-order valence-corrected chi connectivity index (χ4v) is 6.27. The molecule has 0 radical (unpaired) electrons. The number of benzene rings is 3. The molecule has 0 bridgehead atoms. The number of nitrogens with zero attached hydrogens (tertiary/aromatic N) is 3. The van der Waals surface area contributed by atoms with Crippen LogP contribution in [-0.2, 0) is 61.4 Å². The van der Waals surface area contributed by atoms with Crippen LogP contribution in [0.1, 0.15) is 54.7 Å². The molecule has 3 aromatic rings. The molecule has 0 aliphatic rings. The molecule has 0 aliphatic heterocycles. The molecule has 0 spiro atoms. The van der Waals surface area contributed by atoms with E-state index < -0.39 is 77.2 Å². The average molecular weight is 1180 g/mol. The van der Waals surface area contributed by atoms with Crippen molar-refractivity contribution < 1.29 is 80.5 Å². The van der Waals surface area contributed by atoms with Gasteiger partial charge in [-0.05, 0) is 80.4 Å². The lowest BCUT2D eigenvalue weighted by Gasteiger charge is -2.25. The first-order valence-corrected chi connectivity index (χ1v) is 27.8.